The van der Waals surface area contributed by atoms with Crippen molar-refractivity contribution >= 4 is 6.09 Å². The molecule has 3 heteroatoms. The van der Waals surface area contributed by atoms with Crippen LogP contribution >= 0.6 is 0 Å². The molecular formula is C11H11NO2. The summed E-state index contributed by atoms with van der Waals surface area (Å²) in [7, 11) is 0. The average Bonchev–Trinajstić information content (AvgIpc) is 2.12. The fraction of sp³-hybridized carbons (Fsp3) is 0.364. The third-order valence-corrected chi connectivity index (χ3v) is 1.81. The summed E-state index contributed by atoms with van der Waals surface area (Å²) in [5.74, 6) is 7.82. The van der Waals surface area contributed by atoms with Crippen molar-refractivity contribution < 1.29 is 9.53 Å². The first-order valence-electron chi connectivity index (χ1n) is 4.26. The van der Waals surface area contributed by atoms with E-state index in [0.717, 1.165) is 0 Å². The molecule has 0 aliphatic carbocycles. The average molecular weight is 189 g/mol. The molecule has 1 fully saturated rings. The van der Waals surface area contributed by atoms with Gasteiger partial charge in [0.25, 0.3) is 0 Å². The van der Waals surface area contributed by atoms with Gasteiger partial charge >= 0.3 is 6.09 Å². The molecule has 0 atom stereocenters. The predicted molar refractivity (Wildman–Crippen MR) is 53.2 cm³/mol. The van der Waals surface area contributed by atoms with Gasteiger partial charge in [0.15, 0.2) is 0 Å². The fourth-order valence-electron chi connectivity index (χ4n) is 1.08. The van der Waals surface area contributed by atoms with Gasteiger partial charge in [-0.3, -0.25) is 0 Å². The normalized spacial score (nSPS) is 14.4. The second-order valence-electron chi connectivity index (χ2n) is 2.88. The number of amides is 1. The molecule has 1 heterocycles. The number of nitrogens with zero attached hydrogens (tertiary/aromatic N) is 1. The van der Waals surface area contributed by atoms with Crippen LogP contribution in [0.4, 0.5) is 4.79 Å². The van der Waals surface area contributed by atoms with Gasteiger partial charge in [-0.15, -0.1) is 6.42 Å². The SMILES string of the molecule is C#CC#CC1CN(C(=O)OCC=C)C1. The maximum Gasteiger partial charge on any atom is 0.410 e. The van der Waals surface area contributed by atoms with Gasteiger partial charge in [0.05, 0.1) is 5.92 Å². The van der Waals surface area contributed by atoms with E-state index in [2.05, 4.69) is 24.3 Å². The van der Waals surface area contributed by atoms with Gasteiger partial charge in [-0.25, -0.2) is 4.79 Å². The predicted octanol–water partition coefficient (Wildman–Crippen LogP) is 0.877. The molecule has 3 nitrogen and oxygen atoms in total. The highest BCUT2D eigenvalue weighted by Crippen LogP contribution is 2.15. The standard InChI is InChI=1S/C11H11NO2/c1-3-5-6-10-8-12(9-10)11(13)14-7-4-2/h1,4,10H,2,7-9H2. The number of carbonyl (C=O) groups is 1. The van der Waals surface area contributed by atoms with Gasteiger partial charge in [-0.05, 0) is 11.8 Å². The number of hydrogen-bond donors (Lipinski definition) is 0. The number of rotatable bonds is 2. The highest BCUT2D eigenvalue weighted by Gasteiger charge is 2.30. The van der Waals surface area contributed by atoms with Crippen LogP contribution in [0.5, 0.6) is 0 Å². The number of terminal acetylenes is 1. The van der Waals surface area contributed by atoms with Gasteiger partial charge in [-0.2, -0.15) is 0 Å². The minimum absolute atomic E-state index is 0.197. The highest BCUT2D eigenvalue weighted by molar-refractivity contribution is 5.69. The molecule has 14 heavy (non-hydrogen) atoms. The summed E-state index contributed by atoms with van der Waals surface area (Å²) in [5, 5.41) is 0. The van der Waals surface area contributed by atoms with E-state index in [9.17, 15) is 4.79 Å². The van der Waals surface area contributed by atoms with E-state index in [1.54, 1.807) is 4.90 Å². The van der Waals surface area contributed by atoms with Gasteiger partial charge in [0, 0.05) is 13.1 Å². The molecule has 0 bridgehead atoms. The van der Waals surface area contributed by atoms with Crippen LogP contribution in [-0.4, -0.2) is 30.7 Å². The quantitative estimate of drug-likeness (QED) is 0.476. The summed E-state index contributed by atoms with van der Waals surface area (Å²) in [6.07, 6.45) is 6.19. The highest BCUT2D eigenvalue weighted by atomic mass is 16.6. The zero-order valence-corrected chi connectivity index (χ0v) is 7.82. The second-order valence-corrected chi connectivity index (χ2v) is 2.88. The molecule has 0 spiro atoms. The lowest BCUT2D eigenvalue weighted by atomic mass is 10.0. The number of likely N-dealkylation sites (tertiary alicyclic amines) is 1. The van der Waals surface area contributed by atoms with Crippen molar-refractivity contribution in [1.29, 1.82) is 0 Å². The van der Waals surface area contributed by atoms with Gasteiger partial charge in [0.1, 0.15) is 6.61 Å². The zero-order valence-electron chi connectivity index (χ0n) is 7.82. The topological polar surface area (TPSA) is 29.5 Å². The van der Waals surface area contributed by atoms with Crippen LogP contribution in [-0.2, 0) is 4.74 Å². The van der Waals surface area contributed by atoms with Gasteiger partial charge in [0.2, 0.25) is 0 Å². The Morgan fingerprint density at radius 2 is 2.43 bits per heavy atom. The summed E-state index contributed by atoms with van der Waals surface area (Å²) in [4.78, 5) is 12.8. The Morgan fingerprint density at radius 1 is 1.71 bits per heavy atom. The van der Waals surface area contributed by atoms with E-state index in [0.29, 0.717) is 13.1 Å². The lowest BCUT2D eigenvalue weighted by molar-refractivity contribution is 0.0748. The Morgan fingerprint density at radius 3 is 3.00 bits per heavy atom. The van der Waals surface area contributed by atoms with Crippen LogP contribution in [0, 0.1) is 30.1 Å². The van der Waals surface area contributed by atoms with Crippen molar-refractivity contribution in [1.82, 2.24) is 4.90 Å². The minimum Gasteiger partial charge on any atom is -0.445 e. The maximum atomic E-state index is 11.2. The van der Waals surface area contributed by atoms with Crippen molar-refractivity contribution in [3.05, 3.63) is 12.7 Å². The number of hydrogen-bond acceptors (Lipinski definition) is 2. The Labute approximate surface area is 83.7 Å². The first-order chi connectivity index (χ1) is 6.77. The Hall–Kier alpha value is -1.87. The summed E-state index contributed by atoms with van der Waals surface area (Å²) >= 11 is 0. The molecule has 0 N–H and O–H groups in total. The zero-order chi connectivity index (χ0) is 10.4. The van der Waals surface area contributed by atoms with Crippen LogP contribution in [0.2, 0.25) is 0 Å². The third kappa shape index (κ3) is 2.57. The molecule has 72 valence electrons. The number of ether oxygens (including phenoxy) is 1. The van der Waals surface area contributed by atoms with Gasteiger partial charge < -0.3 is 9.64 Å². The summed E-state index contributed by atoms with van der Waals surface area (Å²) < 4.78 is 4.83. The lowest BCUT2D eigenvalue weighted by Gasteiger charge is -2.34. The smallest absolute Gasteiger partial charge is 0.410 e. The van der Waals surface area contributed by atoms with E-state index < -0.39 is 0 Å². The first kappa shape index (κ1) is 10.2. The molecule has 0 aromatic rings. The van der Waals surface area contributed by atoms with Crippen LogP contribution in [0.15, 0.2) is 12.7 Å². The fourth-order valence-corrected chi connectivity index (χ4v) is 1.08. The second kappa shape index (κ2) is 4.99. The summed E-state index contributed by atoms with van der Waals surface area (Å²) in [6.45, 7) is 4.90. The van der Waals surface area contributed by atoms with Crippen molar-refractivity contribution in [3.8, 4) is 24.2 Å². The molecule has 1 aliphatic heterocycles. The monoisotopic (exact) mass is 189 g/mol. The van der Waals surface area contributed by atoms with E-state index in [4.69, 9.17) is 11.2 Å². The molecule has 1 amide bonds. The van der Waals surface area contributed by atoms with Crippen molar-refractivity contribution in [3.63, 3.8) is 0 Å². The minimum atomic E-state index is -0.316. The maximum absolute atomic E-state index is 11.2. The van der Waals surface area contributed by atoms with E-state index in [1.807, 2.05) is 0 Å². The third-order valence-electron chi connectivity index (χ3n) is 1.81. The first-order valence-corrected chi connectivity index (χ1v) is 4.26. The van der Waals surface area contributed by atoms with Crippen LogP contribution in [0.1, 0.15) is 0 Å². The Bertz CT molecular complexity index is 323. The lowest BCUT2D eigenvalue weighted by Crippen LogP contribution is -2.49. The van der Waals surface area contributed by atoms with Crippen LogP contribution in [0.3, 0.4) is 0 Å². The molecule has 0 unspecified atom stereocenters. The molecule has 0 aromatic heterocycles. The number of carbonyl (C=O) groups excluding carboxylic acids is 1. The van der Waals surface area contributed by atoms with E-state index in [1.165, 1.54) is 6.08 Å². The molecular weight excluding hydrogens is 178 g/mol. The molecule has 1 saturated heterocycles. The van der Waals surface area contributed by atoms with Crippen molar-refractivity contribution in [2.75, 3.05) is 19.7 Å². The Balaban J connectivity index is 2.24. The van der Waals surface area contributed by atoms with E-state index >= 15 is 0 Å². The largest absolute Gasteiger partial charge is 0.445 e. The van der Waals surface area contributed by atoms with Gasteiger partial charge in [-0.1, -0.05) is 18.6 Å². The van der Waals surface area contributed by atoms with Crippen LogP contribution < -0.4 is 0 Å². The summed E-state index contributed by atoms with van der Waals surface area (Å²) in [5.41, 5.74) is 0. The Kier molecular flexibility index (Phi) is 3.64. The summed E-state index contributed by atoms with van der Waals surface area (Å²) in [6, 6.07) is 0. The van der Waals surface area contributed by atoms with Crippen LogP contribution in [0.25, 0.3) is 0 Å². The van der Waals surface area contributed by atoms with E-state index in [-0.39, 0.29) is 18.6 Å². The molecule has 0 saturated carbocycles. The van der Waals surface area contributed by atoms with Crippen molar-refractivity contribution in [2.24, 2.45) is 5.92 Å². The molecule has 1 aliphatic rings. The molecule has 0 aromatic carbocycles. The van der Waals surface area contributed by atoms with Crippen molar-refractivity contribution in [2.45, 2.75) is 0 Å². The molecule has 1 rings (SSSR count). The molecule has 0 radical (unpaired) electrons.